The summed E-state index contributed by atoms with van der Waals surface area (Å²) in [6.07, 6.45) is -4.53. The number of urea groups is 1. The molecule has 0 atom stereocenters. The fourth-order valence-corrected chi connectivity index (χ4v) is 4.52. The number of nitrogens with one attached hydrogen (secondary N) is 1. The minimum atomic E-state index is -4.53. The summed E-state index contributed by atoms with van der Waals surface area (Å²) in [4.78, 5) is 50.8. The third-order valence-corrected chi connectivity index (χ3v) is 6.54. The Morgan fingerprint density at radius 1 is 1.14 bits per heavy atom. The van der Waals surface area contributed by atoms with E-state index in [-0.39, 0.29) is 40.6 Å². The van der Waals surface area contributed by atoms with E-state index >= 15 is 0 Å². The number of amides is 4. The number of hydrogen-bond acceptors (Lipinski definition) is 6. The lowest BCUT2D eigenvalue weighted by Gasteiger charge is -2.33. The third kappa shape index (κ3) is 4.73. The van der Waals surface area contributed by atoms with Gasteiger partial charge in [-0.25, -0.2) is 14.8 Å². The molecule has 1 aliphatic rings. The number of rotatable bonds is 3. The molecule has 0 spiro atoms. The SMILES string of the molecule is Cc1nc(NC(=O)N2CC(=O)N(C)c3ccc(-c4cccc(C(F)(F)F)c4)nc32)sc1C(=O)N(C)C. The molecule has 4 rings (SSSR count). The quantitative estimate of drug-likeness (QED) is 0.559. The van der Waals surface area contributed by atoms with Crippen molar-refractivity contribution in [1.82, 2.24) is 14.9 Å². The molecule has 36 heavy (non-hydrogen) atoms. The van der Waals surface area contributed by atoms with Crippen molar-refractivity contribution in [3.8, 4) is 11.3 Å². The van der Waals surface area contributed by atoms with Crippen molar-refractivity contribution in [3.05, 3.63) is 52.5 Å². The topological polar surface area (TPSA) is 98.7 Å². The molecule has 1 N–H and O–H groups in total. The Labute approximate surface area is 208 Å². The Morgan fingerprint density at radius 3 is 2.53 bits per heavy atom. The molecule has 3 heterocycles. The van der Waals surface area contributed by atoms with Gasteiger partial charge in [0.15, 0.2) is 10.9 Å². The van der Waals surface area contributed by atoms with Gasteiger partial charge in [-0.05, 0) is 31.2 Å². The number of fused-ring (bicyclic) bond motifs is 1. The normalized spacial score (nSPS) is 13.5. The summed E-state index contributed by atoms with van der Waals surface area (Å²) < 4.78 is 39.6. The molecule has 0 aliphatic carbocycles. The summed E-state index contributed by atoms with van der Waals surface area (Å²) in [7, 11) is 4.71. The highest BCUT2D eigenvalue weighted by molar-refractivity contribution is 7.17. The highest BCUT2D eigenvalue weighted by Gasteiger charge is 2.34. The van der Waals surface area contributed by atoms with Crippen molar-refractivity contribution in [2.24, 2.45) is 0 Å². The molecule has 0 fully saturated rings. The van der Waals surface area contributed by atoms with Gasteiger partial charge in [0.25, 0.3) is 5.91 Å². The second-order valence-electron chi connectivity index (χ2n) is 8.22. The maximum Gasteiger partial charge on any atom is 0.416 e. The largest absolute Gasteiger partial charge is 0.416 e. The number of alkyl halides is 3. The van der Waals surface area contributed by atoms with Crippen LogP contribution >= 0.6 is 11.3 Å². The number of likely N-dealkylation sites (N-methyl/N-ethyl adjacent to an activating group) is 1. The van der Waals surface area contributed by atoms with Crippen LogP contribution in [-0.2, 0) is 11.0 Å². The maximum absolute atomic E-state index is 13.2. The number of halogens is 3. The standard InChI is InChI=1S/C23H21F3N6O3S/c1-12-18(20(34)30(2)3)36-21(27-12)29-22(35)32-11-17(33)31(4)16-9-8-15(28-19(16)32)13-6-5-7-14(10-13)23(24,25)26/h5-10H,11H2,1-4H3,(H,27,29,35). The average Bonchev–Trinajstić information content (AvgIpc) is 3.19. The molecule has 2 aromatic heterocycles. The zero-order chi connectivity index (χ0) is 26.4. The fraction of sp³-hybridized carbons (Fsp3) is 0.261. The van der Waals surface area contributed by atoms with Gasteiger partial charge in [0.05, 0.1) is 22.6 Å². The number of carbonyl (C=O) groups excluding carboxylic acids is 3. The van der Waals surface area contributed by atoms with E-state index in [0.29, 0.717) is 16.3 Å². The van der Waals surface area contributed by atoms with Gasteiger partial charge in [-0.2, -0.15) is 13.2 Å². The summed E-state index contributed by atoms with van der Waals surface area (Å²) in [5, 5.41) is 2.75. The van der Waals surface area contributed by atoms with Gasteiger partial charge in [0.1, 0.15) is 11.4 Å². The number of anilines is 3. The first-order chi connectivity index (χ1) is 16.9. The summed E-state index contributed by atoms with van der Waals surface area (Å²) in [6, 6.07) is 6.98. The van der Waals surface area contributed by atoms with Crippen LogP contribution in [0.2, 0.25) is 0 Å². The van der Waals surface area contributed by atoms with Gasteiger partial charge in [-0.3, -0.25) is 19.8 Å². The van der Waals surface area contributed by atoms with Crippen LogP contribution in [0.15, 0.2) is 36.4 Å². The van der Waals surface area contributed by atoms with Gasteiger partial charge >= 0.3 is 12.2 Å². The van der Waals surface area contributed by atoms with Crippen LogP contribution in [0.25, 0.3) is 11.3 Å². The van der Waals surface area contributed by atoms with E-state index in [9.17, 15) is 27.6 Å². The summed E-state index contributed by atoms with van der Waals surface area (Å²) >= 11 is 0.992. The van der Waals surface area contributed by atoms with Crippen molar-refractivity contribution in [3.63, 3.8) is 0 Å². The molecule has 13 heteroatoms. The Kier molecular flexibility index (Phi) is 6.43. The van der Waals surface area contributed by atoms with E-state index in [0.717, 1.165) is 28.4 Å². The van der Waals surface area contributed by atoms with Gasteiger partial charge in [0, 0.05) is 26.7 Å². The molecule has 1 aliphatic heterocycles. The summed E-state index contributed by atoms with van der Waals surface area (Å²) in [5.74, 6) is -0.551. The molecule has 9 nitrogen and oxygen atoms in total. The molecule has 188 valence electrons. The van der Waals surface area contributed by atoms with Crippen LogP contribution in [0.4, 0.5) is 34.6 Å². The second-order valence-corrected chi connectivity index (χ2v) is 9.22. The van der Waals surface area contributed by atoms with E-state index in [1.165, 1.54) is 41.1 Å². The van der Waals surface area contributed by atoms with E-state index in [4.69, 9.17) is 0 Å². The van der Waals surface area contributed by atoms with Crippen LogP contribution in [-0.4, -0.2) is 60.4 Å². The van der Waals surface area contributed by atoms with Gasteiger partial charge in [-0.15, -0.1) is 0 Å². The number of hydrogen-bond donors (Lipinski definition) is 1. The minimum Gasteiger partial charge on any atom is -0.344 e. The first-order valence-electron chi connectivity index (χ1n) is 10.6. The van der Waals surface area contributed by atoms with Crippen LogP contribution in [0.3, 0.4) is 0 Å². The van der Waals surface area contributed by atoms with Crippen LogP contribution in [0, 0.1) is 6.92 Å². The fourth-order valence-electron chi connectivity index (χ4n) is 3.55. The second kappa shape index (κ2) is 9.22. The predicted molar refractivity (Wildman–Crippen MR) is 129 cm³/mol. The van der Waals surface area contributed by atoms with Crippen LogP contribution in [0.5, 0.6) is 0 Å². The lowest BCUT2D eigenvalue weighted by atomic mass is 10.1. The Balaban J connectivity index is 1.69. The molecule has 4 amide bonds. The summed E-state index contributed by atoms with van der Waals surface area (Å²) in [5.41, 5.74) is 0.327. The highest BCUT2D eigenvalue weighted by atomic mass is 32.1. The lowest BCUT2D eigenvalue weighted by Crippen LogP contribution is -2.48. The van der Waals surface area contributed by atoms with Gasteiger partial charge in [0.2, 0.25) is 5.91 Å². The van der Waals surface area contributed by atoms with E-state index in [2.05, 4.69) is 15.3 Å². The maximum atomic E-state index is 13.2. The van der Waals surface area contributed by atoms with Crippen molar-refractivity contribution in [2.45, 2.75) is 13.1 Å². The molecular weight excluding hydrogens is 497 g/mol. The molecule has 0 unspecified atom stereocenters. The number of aromatic nitrogens is 2. The highest BCUT2D eigenvalue weighted by Crippen LogP contribution is 2.36. The Morgan fingerprint density at radius 2 is 1.86 bits per heavy atom. The van der Waals surface area contributed by atoms with Crippen LogP contribution < -0.4 is 15.1 Å². The van der Waals surface area contributed by atoms with E-state index < -0.39 is 17.8 Å². The zero-order valence-corrected chi connectivity index (χ0v) is 20.5. The molecular formula is C23H21F3N6O3S. The number of nitrogens with zero attached hydrogens (tertiary/aromatic N) is 5. The van der Waals surface area contributed by atoms with Gasteiger partial charge in [-0.1, -0.05) is 23.5 Å². The van der Waals surface area contributed by atoms with E-state index in [1.807, 2.05) is 0 Å². The molecule has 0 bridgehead atoms. The Hall–Kier alpha value is -4.00. The first-order valence-corrected chi connectivity index (χ1v) is 11.4. The molecule has 1 aromatic carbocycles. The first kappa shape index (κ1) is 25.1. The van der Waals surface area contributed by atoms with Crippen molar-refractivity contribution < 1.29 is 27.6 Å². The van der Waals surface area contributed by atoms with Crippen molar-refractivity contribution >= 4 is 45.8 Å². The number of carbonyl (C=O) groups is 3. The van der Waals surface area contributed by atoms with Gasteiger partial charge < -0.3 is 9.80 Å². The molecule has 0 saturated heterocycles. The number of pyridine rings is 1. The third-order valence-electron chi connectivity index (χ3n) is 5.48. The molecule has 0 saturated carbocycles. The van der Waals surface area contributed by atoms with Crippen LogP contribution in [0.1, 0.15) is 20.9 Å². The number of aryl methyl sites for hydroxylation is 1. The predicted octanol–water partition coefficient (Wildman–Crippen LogP) is 4.25. The van der Waals surface area contributed by atoms with Crippen molar-refractivity contribution in [1.29, 1.82) is 0 Å². The minimum absolute atomic E-state index is 0.0994. The van der Waals surface area contributed by atoms with E-state index in [1.54, 1.807) is 21.0 Å². The molecule has 0 radical (unpaired) electrons. The number of benzene rings is 1. The smallest absolute Gasteiger partial charge is 0.344 e. The monoisotopic (exact) mass is 518 g/mol. The average molecular weight is 519 g/mol. The summed E-state index contributed by atoms with van der Waals surface area (Å²) in [6.45, 7) is 1.29. The molecule has 3 aromatic rings. The lowest BCUT2D eigenvalue weighted by molar-refractivity contribution is -0.137. The Bertz CT molecular complexity index is 1370. The van der Waals surface area contributed by atoms with Crippen molar-refractivity contribution in [2.75, 3.05) is 42.8 Å². The number of thiazole rings is 1. The zero-order valence-electron chi connectivity index (χ0n) is 19.7.